The first-order valence-electron chi connectivity index (χ1n) is 6.13. The van der Waals surface area contributed by atoms with E-state index in [1.54, 1.807) is 13.2 Å². The van der Waals surface area contributed by atoms with Crippen molar-refractivity contribution in [3.8, 4) is 17.4 Å². The molecule has 2 rings (SSSR count). The monoisotopic (exact) mass is 259 g/mol. The summed E-state index contributed by atoms with van der Waals surface area (Å²) >= 11 is 0. The van der Waals surface area contributed by atoms with Gasteiger partial charge in [-0.15, -0.1) is 0 Å². The molecule has 0 atom stereocenters. The number of hydrogen-bond acceptors (Lipinski definition) is 5. The molecule has 0 spiro atoms. The molecule has 0 aliphatic heterocycles. The largest absolute Gasteiger partial charge is 0.493 e. The van der Waals surface area contributed by atoms with Crippen LogP contribution >= 0.6 is 0 Å². The summed E-state index contributed by atoms with van der Waals surface area (Å²) in [5.41, 5.74) is 0.843. The Morgan fingerprint density at radius 1 is 1.16 bits per heavy atom. The van der Waals surface area contributed by atoms with Crippen molar-refractivity contribution in [1.82, 2.24) is 9.97 Å². The summed E-state index contributed by atoms with van der Waals surface area (Å²) in [5, 5.41) is 3.07. The summed E-state index contributed by atoms with van der Waals surface area (Å²) in [6.07, 6.45) is 0. The van der Waals surface area contributed by atoms with Gasteiger partial charge in [0.05, 0.1) is 7.11 Å². The summed E-state index contributed by atoms with van der Waals surface area (Å²) in [6.45, 7) is 4.65. The van der Waals surface area contributed by atoms with Crippen molar-refractivity contribution in [3.63, 3.8) is 0 Å². The van der Waals surface area contributed by atoms with Crippen LogP contribution < -0.4 is 14.8 Å². The van der Waals surface area contributed by atoms with E-state index in [1.807, 2.05) is 38.1 Å². The van der Waals surface area contributed by atoms with Crippen molar-refractivity contribution in [2.45, 2.75) is 13.8 Å². The lowest BCUT2D eigenvalue weighted by Crippen LogP contribution is -2.04. The van der Waals surface area contributed by atoms with E-state index in [0.29, 0.717) is 23.3 Å². The van der Waals surface area contributed by atoms with Gasteiger partial charge in [0, 0.05) is 18.3 Å². The van der Waals surface area contributed by atoms with Crippen LogP contribution in [0.15, 0.2) is 30.3 Å². The van der Waals surface area contributed by atoms with Crippen LogP contribution in [-0.2, 0) is 0 Å². The molecule has 0 fully saturated rings. The molecular weight excluding hydrogens is 242 g/mol. The van der Waals surface area contributed by atoms with Gasteiger partial charge in [0.15, 0.2) is 11.5 Å². The van der Waals surface area contributed by atoms with Crippen LogP contribution in [-0.4, -0.2) is 23.6 Å². The normalized spacial score (nSPS) is 10.1. The minimum absolute atomic E-state index is 0.493. The lowest BCUT2D eigenvalue weighted by atomic mass is 10.3. The second kappa shape index (κ2) is 6.04. The zero-order valence-electron chi connectivity index (χ0n) is 11.3. The molecule has 0 amide bonds. The molecule has 0 aliphatic rings. The van der Waals surface area contributed by atoms with Crippen molar-refractivity contribution >= 4 is 5.95 Å². The van der Waals surface area contributed by atoms with E-state index in [4.69, 9.17) is 9.47 Å². The Labute approximate surface area is 112 Å². The molecule has 0 unspecified atom stereocenters. The van der Waals surface area contributed by atoms with Crippen LogP contribution in [0.4, 0.5) is 5.95 Å². The topological polar surface area (TPSA) is 56.3 Å². The standard InChI is InChI=1S/C14H17N3O2/c1-4-15-14-16-10(2)9-13(17-14)19-12-8-6-5-7-11(12)18-3/h5-9H,4H2,1-3H3,(H,15,16,17). The zero-order valence-corrected chi connectivity index (χ0v) is 11.3. The first kappa shape index (κ1) is 13.1. The average Bonchev–Trinajstić information content (AvgIpc) is 2.39. The SMILES string of the molecule is CCNc1nc(C)cc(Oc2ccccc2OC)n1. The van der Waals surface area contributed by atoms with Gasteiger partial charge in [-0.2, -0.15) is 4.98 Å². The lowest BCUT2D eigenvalue weighted by Gasteiger charge is -2.10. The number of aromatic nitrogens is 2. The van der Waals surface area contributed by atoms with Crippen molar-refractivity contribution in [2.24, 2.45) is 0 Å². The molecule has 5 nitrogen and oxygen atoms in total. The first-order valence-corrected chi connectivity index (χ1v) is 6.13. The maximum atomic E-state index is 5.75. The van der Waals surface area contributed by atoms with E-state index < -0.39 is 0 Å². The third kappa shape index (κ3) is 3.34. The summed E-state index contributed by atoms with van der Waals surface area (Å²) < 4.78 is 11.0. The molecule has 5 heteroatoms. The Hall–Kier alpha value is -2.30. The highest BCUT2D eigenvalue weighted by atomic mass is 16.5. The van der Waals surface area contributed by atoms with Gasteiger partial charge in [0.1, 0.15) is 0 Å². The highest BCUT2D eigenvalue weighted by molar-refractivity contribution is 5.42. The van der Waals surface area contributed by atoms with E-state index in [2.05, 4.69) is 15.3 Å². The van der Waals surface area contributed by atoms with Crippen molar-refractivity contribution in [1.29, 1.82) is 0 Å². The molecule has 0 radical (unpaired) electrons. The number of benzene rings is 1. The van der Waals surface area contributed by atoms with E-state index in [9.17, 15) is 0 Å². The maximum absolute atomic E-state index is 5.75. The van der Waals surface area contributed by atoms with Crippen molar-refractivity contribution < 1.29 is 9.47 Å². The number of rotatable bonds is 5. The van der Waals surface area contributed by atoms with Crippen LogP contribution in [0.3, 0.4) is 0 Å². The van der Waals surface area contributed by atoms with Crippen LogP contribution in [0.5, 0.6) is 17.4 Å². The van der Waals surface area contributed by atoms with E-state index in [1.165, 1.54) is 0 Å². The van der Waals surface area contributed by atoms with Crippen LogP contribution in [0.1, 0.15) is 12.6 Å². The van der Waals surface area contributed by atoms with E-state index in [0.717, 1.165) is 12.2 Å². The number of nitrogens with one attached hydrogen (secondary N) is 1. The Balaban J connectivity index is 2.27. The molecule has 2 aromatic rings. The number of hydrogen-bond donors (Lipinski definition) is 1. The highest BCUT2D eigenvalue weighted by Crippen LogP contribution is 2.30. The third-order valence-corrected chi connectivity index (χ3v) is 2.45. The van der Waals surface area contributed by atoms with Crippen molar-refractivity contribution in [2.75, 3.05) is 19.0 Å². The number of anilines is 1. The second-order valence-corrected chi connectivity index (χ2v) is 3.95. The van der Waals surface area contributed by atoms with Gasteiger partial charge in [0.25, 0.3) is 0 Å². The third-order valence-electron chi connectivity index (χ3n) is 2.45. The second-order valence-electron chi connectivity index (χ2n) is 3.95. The molecular formula is C14H17N3O2. The Morgan fingerprint density at radius 3 is 2.58 bits per heavy atom. The Bertz CT molecular complexity index is 558. The molecule has 0 saturated carbocycles. The van der Waals surface area contributed by atoms with Gasteiger partial charge < -0.3 is 14.8 Å². The molecule has 100 valence electrons. The van der Waals surface area contributed by atoms with Gasteiger partial charge in [-0.25, -0.2) is 4.98 Å². The van der Waals surface area contributed by atoms with Gasteiger partial charge in [0.2, 0.25) is 11.8 Å². The number of para-hydroxylation sites is 2. The molecule has 0 aliphatic carbocycles. The fourth-order valence-corrected chi connectivity index (χ4v) is 1.64. The predicted octanol–water partition coefficient (Wildman–Crippen LogP) is 3.02. The molecule has 1 N–H and O–H groups in total. The number of nitrogens with zero attached hydrogens (tertiary/aromatic N) is 2. The smallest absolute Gasteiger partial charge is 0.226 e. The minimum Gasteiger partial charge on any atom is -0.493 e. The molecule has 1 heterocycles. The maximum Gasteiger partial charge on any atom is 0.226 e. The summed E-state index contributed by atoms with van der Waals surface area (Å²) in [4.78, 5) is 8.57. The van der Waals surface area contributed by atoms with Crippen LogP contribution in [0, 0.1) is 6.92 Å². The summed E-state index contributed by atoms with van der Waals surface area (Å²) in [6, 6.07) is 9.24. The van der Waals surface area contributed by atoms with E-state index in [-0.39, 0.29) is 0 Å². The fraction of sp³-hybridized carbons (Fsp3) is 0.286. The van der Waals surface area contributed by atoms with Crippen molar-refractivity contribution in [3.05, 3.63) is 36.0 Å². The molecule has 19 heavy (non-hydrogen) atoms. The highest BCUT2D eigenvalue weighted by Gasteiger charge is 2.07. The van der Waals surface area contributed by atoms with Gasteiger partial charge in [-0.1, -0.05) is 12.1 Å². The lowest BCUT2D eigenvalue weighted by molar-refractivity contribution is 0.374. The van der Waals surface area contributed by atoms with Gasteiger partial charge in [-0.05, 0) is 26.0 Å². The van der Waals surface area contributed by atoms with Gasteiger partial charge >= 0.3 is 0 Å². The fourth-order valence-electron chi connectivity index (χ4n) is 1.64. The van der Waals surface area contributed by atoms with Crippen LogP contribution in [0.2, 0.25) is 0 Å². The number of aryl methyl sites for hydroxylation is 1. The molecule has 0 bridgehead atoms. The van der Waals surface area contributed by atoms with E-state index >= 15 is 0 Å². The number of methoxy groups -OCH3 is 1. The quantitative estimate of drug-likeness (QED) is 0.894. The average molecular weight is 259 g/mol. The Kier molecular flexibility index (Phi) is 4.18. The summed E-state index contributed by atoms with van der Waals surface area (Å²) in [7, 11) is 1.61. The summed E-state index contributed by atoms with van der Waals surface area (Å²) in [5.74, 6) is 2.36. The first-order chi connectivity index (χ1) is 9.22. The molecule has 1 aromatic heterocycles. The minimum atomic E-state index is 0.493. The number of ether oxygens (including phenoxy) is 2. The van der Waals surface area contributed by atoms with Gasteiger partial charge in [-0.3, -0.25) is 0 Å². The van der Waals surface area contributed by atoms with Crippen LogP contribution in [0.25, 0.3) is 0 Å². The predicted molar refractivity (Wildman–Crippen MR) is 74.0 cm³/mol. The molecule has 1 aromatic carbocycles. The molecule has 0 saturated heterocycles. The zero-order chi connectivity index (χ0) is 13.7. The Morgan fingerprint density at radius 2 is 1.89 bits per heavy atom.